The quantitative estimate of drug-likeness (QED) is 0.735. The van der Waals surface area contributed by atoms with Crippen LogP contribution in [0.15, 0.2) is 0 Å². The minimum Gasteiger partial charge on any atom is -0.354 e. The number of likely N-dealkylation sites (N-methyl/N-ethyl adjacent to an activating group) is 1. The van der Waals surface area contributed by atoms with Gasteiger partial charge in [-0.05, 0) is 13.0 Å². The molecule has 0 aromatic heterocycles. The number of halogens is 1. The Balaban J connectivity index is 2.42. The number of hydrogen-bond acceptors (Lipinski definition) is 3. The molecular weight excluding hydrogens is 250 g/mol. The molecule has 0 radical (unpaired) electrons. The summed E-state index contributed by atoms with van der Waals surface area (Å²) in [6.45, 7) is 9.57. The van der Waals surface area contributed by atoms with E-state index in [0.717, 1.165) is 32.7 Å². The van der Waals surface area contributed by atoms with Gasteiger partial charge in [-0.25, -0.2) is 0 Å². The zero-order chi connectivity index (χ0) is 13.5. The zero-order valence-corrected chi connectivity index (χ0v) is 12.5. The van der Waals surface area contributed by atoms with Crippen LogP contribution >= 0.6 is 11.6 Å². The smallest absolute Gasteiger partial charge is 0.221 e. The van der Waals surface area contributed by atoms with Crippen LogP contribution in [0, 0.1) is 5.92 Å². The molecule has 1 N–H and O–H groups in total. The number of amides is 1. The monoisotopic (exact) mass is 275 g/mol. The average Bonchev–Trinajstić information content (AvgIpc) is 2.31. The lowest BCUT2D eigenvalue weighted by Gasteiger charge is -2.39. The molecule has 1 saturated heterocycles. The number of nitrogens with one attached hydrogen (secondary N) is 1. The SMILES string of the molecule is CC(C)C(CNC(=O)CCCl)N1CCN(C)CC1. The number of carbonyl (C=O) groups excluding carboxylic acids is 1. The summed E-state index contributed by atoms with van der Waals surface area (Å²) in [5, 5.41) is 2.99. The maximum Gasteiger partial charge on any atom is 0.221 e. The van der Waals surface area contributed by atoms with Crippen LogP contribution in [0.1, 0.15) is 20.3 Å². The molecule has 1 amide bonds. The van der Waals surface area contributed by atoms with E-state index in [1.165, 1.54) is 0 Å². The molecule has 1 rings (SSSR count). The number of hydrogen-bond donors (Lipinski definition) is 1. The van der Waals surface area contributed by atoms with Crippen molar-refractivity contribution in [3.63, 3.8) is 0 Å². The number of nitrogens with zero attached hydrogens (tertiary/aromatic N) is 2. The molecule has 1 fully saturated rings. The summed E-state index contributed by atoms with van der Waals surface area (Å²) in [5.41, 5.74) is 0. The zero-order valence-electron chi connectivity index (χ0n) is 11.8. The fourth-order valence-corrected chi connectivity index (χ4v) is 2.50. The van der Waals surface area contributed by atoms with Crippen molar-refractivity contribution in [2.75, 3.05) is 45.7 Å². The van der Waals surface area contributed by atoms with Crippen molar-refractivity contribution in [1.29, 1.82) is 0 Å². The highest BCUT2D eigenvalue weighted by atomic mass is 35.5. The van der Waals surface area contributed by atoms with Crippen LogP contribution in [0.25, 0.3) is 0 Å². The third kappa shape index (κ3) is 5.12. The van der Waals surface area contributed by atoms with Crippen LogP contribution in [0.3, 0.4) is 0 Å². The van der Waals surface area contributed by atoms with Crippen molar-refractivity contribution in [1.82, 2.24) is 15.1 Å². The van der Waals surface area contributed by atoms with Crippen LogP contribution in [-0.4, -0.2) is 67.4 Å². The topological polar surface area (TPSA) is 35.6 Å². The molecule has 1 aliphatic heterocycles. The molecule has 0 saturated carbocycles. The Bertz CT molecular complexity index is 253. The van der Waals surface area contributed by atoms with Gasteiger partial charge in [0.2, 0.25) is 5.91 Å². The van der Waals surface area contributed by atoms with Crippen LogP contribution in [-0.2, 0) is 4.79 Å². The van der Waals surface area contributed by atoms with Crippen molar-refractivity contribution in [3.8, 4) is 0 Å². The summed E-state index contributed by atoms with van der Waals surface area (Å²) in [4.78, 5) is 16.3. The second kappa shape index (κ2) is 7.97. The van der Waals surface area contributed by atoms with Gasteiger partial charge >= 0.3 is 0 Å². The molecule has 1 heterocycles. The highest BCUT2D eigenvalue weighted by Crippen LogP contribution is 2.12. The Morgan fingerprint density at radius 1 is 1.28 bits per heavy atom. The predicted molar refractivity (Wildman–Crippen MR) is 76.0 cm³/mol. The van der Waals surface area contributed by atoms with E-state index >= 15 is 0 Å². The molecule has 1 aliphatic rings. The van der Waals surface area contributed by atoms with Gasteiger partial charge in [-0.2, -0.15) is 0 Å². The fraction of sp³-hybridized carbons (Fsp3) is 0.923. The molecule has 0 spiro atoms. The van der Waals surface area contributed by atoms with Crippen LogP contribution in [0.4, 0.5) is 0 Å². The lowest BCUT2D eigenvalue weighted by Crippen LogP contribution is -2.54. The average molecular weight is 276 g/mol. The third-order valence-electron chi connectivity index (χ3n) is 3.61. The minimum atomic E-state index is 0.0600. The predicted octanol–water partition coefficient (Wildman–Crippen LogP) is 1.00. The molecule has 4 nitrogen and oxygen atoms in total. The first-order valence-electron chi connectivity index (χ1n) is 6.80. The summed E-state index contributed by atoms with van der Waals surface area (Å²) >= 11 is 5.56. The first-order valence-corrected chi connectivity index (χ1v) is 7.33. The molecule has 0 aromatic carbocycles. The summed E-state index contributed by atoms with van der Waals surface area (Å²) in [7, 11) is 2.16. The van der Waals surface area contributed by atoms with Crippen molar-refractivity contribution < 1.29 is 4.79 Å². The third-order valence-corrected chi connectivity index (χ3v) is 3.80. The summed E-state index contributed by atoms with van der Waals surface area (Å²) in [6, 6.07) is 0.429. The second-order valence-electron chi connectivity index (χ2n) is 5.39. The molecular formula is C13H26ClN3O. The van der Waals surface area contributed by atoms with Gasteiger partial charge in [0, 0.05) is 51.1 Å². The molecule has 1 atom stereocenters. The maximum atomic E-state index is 11.5. The van der Waals surface area contributed by atoms with E-state index in [1.54, 1.807) is 0 Å². The number of piperazine rings is 1. The van der Waals surface area contributed by atoms with E-state index in [2.05, 4.69) is 36.0 Å². The Labute approximate surface area is 116 Å². The van der Waals surface area contributed by atoms with Gasteiger partial charge in [0.05, 0.1) is 0 Å². The largest absolute Gasteiger partial charge is 0.354 e. The van der Waals surface area contributed by atoms with Crippen molar-refractivity contribution in [3.05, 3.63) is 0 Å². The molecule has 0 aromatic rings. The molecule has 1 unspecified atom stereocenters. The first-order chi connectivity index (χ1) is 8.54. The normalized spacial score (nSPS) is 20.1. The first kappa shape index (κ1) is 15.7. The lowest BCUT2D eigenvalue weighted by atomic mass is 10.0. The van der Waals surface area contributed by atoms with E-state index < -0.39 is 0 Å². The number of alkyl halides is 1. The Hall–Kier alpha value is -0.320. The van der Waals surface area contributed by atoms with E-state index in [0.29, 0.717) is 24.3 Å². The van der Waals surface area contributed by atoms with Gasteiger partial charge in [-0.15, -0.1) is 11.6 Å². The lowest BCUT2D eigenvalue weighted by molar-refractivity contribution is -0.121. The standard InChI is InChI=1S/C13H26ClN3O/c1-11(2)12(10-15-13(18)4-5-14)17-8-6-16(3)7-9-17/h11-12H,4-10H2,1-3H3,(H,15,18). The van der Waals surface area contributed by atoms with Gasteiger partial charge in [0.25, 0.3) is 0 Å². The Kier molecular flexibility index (Phi) is 6.97. The molecule has 0 bridgehead atoms. The van der Waals surface area contributed by atoms with E-state index in [9.17, 15) is 4.79 Å². The molecule has 18 heavy (non-hydrogen) atoms. The fourth-order valence-electron chi connectivity index (χ4n) is 2.33. The van der Waals surface area contributed by atoms with Crippen molar-refractivity contribution >= 4 is 17.5 Å². The molecule has 5 heteroatoms. The van der Waals surface area contributed by atoms with Gasteiger partial charge < -0.3 is 10.2 Å². The number of rotatable bonds is 6. The van der Waals surface area contributed by atoms with Crippen molar-refractivity contribution in [2.24, 2.45) is 5.92 Å². The van der Waals surface area contributed by atoms with E-state index in [1.807, 2.05) is 0 Å². The minimum absolute atomic E-state index is 0.0600. The second-order valence-corrected chi connectivity index (χ2v) is 5.77. The van der Waals surface area contributed by atoms with Gasteiger partial charge in [0.1, 0.15) is 0 Å². The van der Waals surface area contributed by atoms with Crippen LogP contribution in [0.2, 0.25) is 0 Å². The summed E-state index contributed by atoms with van der Waals surface area (Å²) < 4.78 is 0. The molecule has 0 aliphatic carbocycles. The highest BCUT2D eigenvalue weighted by molar-refractivity contribution is 6.18. The Morgan fingerprint density at radius 2 is 1.89 bits per heavy atom. The molecule has 106 valence electrons. The summed E-state index contributed by atoms with van der Waals surface area (Å²) in [6.07, 6.45) is 0.412. The van der Waals surface area contributed by atoms with E-state index in [-0.39, 0.29) is 5.91 Å². The number of carbonyl (C=O) groups is 1. The van der Waals surface area contributed by atoms with Crippen molar-refractivity contribution in [2.45, 2.75) is 26.3 Å². The highest BCUT2D eigenvalue weighted by Gasteiger charge is 2.25. The van der Waals surface area contributed by atoms with Gasteiger partial charge in [-0.1, -0.05) is 13.8 Å². The van der Waals surface area contributed by atoms with Crippen LogP contribution in [0.5, 0.6) is 0 Å². The Morgan fingerprint density at radius 3 is 2.39 bits per heavy atom. The summed E-state index contributed by atoms with van der Waals surface area (Å²) in [5.74, 6) is 1.00. The maximum absolute atomic E-state index is 11.5. The van der Waals surface area contributed by atoms with Gasteiger partial charge in [-0.3, -0.25) is 9.69 Å². The van der Waals surface area contributed by atoms with E-state index in [4.69, 9.17) is 11.6 Å². The van der Waals surface area contributed by atoms with Crippen LogP contribution < -0.4 is 5.32 Å². The van der Waals surface area contributed by atoms with Gasteiger partial charge in [0.15, 0.2) is 0 Å².